The Morgan fingerprint density at radius 1 is 0.784 bits per heavy atom. The number of carboxylic acids is 1. The number of carboxylic acid groups (broad SMARTS) is 1. The van der Waals surface area contributed by atoms with Crippen LogP contribution in [-0.4, -0.2) is 11.1 Å². The number of aromatic carboxylic acids is 1. The van der Waals surface area contributed by atoms with Gasteiger partial charge in [-0.05, 0) is 81.1 Å². The van der Waals surface area contributed by atoms with E-state index >= 15 is 0 Å². The van der Waals surface area contributed by atoms with Crippen LogP contribution in [0.5, 0.6) is 0 Å². The molecule has 4 aromatic rings. The maximum atomic E-state index is 11.2. The van der Waals surface area contributed by atoms with Crippen LogP contribution in [0.1, 0.15) is 58.4 Å². The second kappa shape index (κ2) is 9.80. The van der Waals surface area contributed by atoms with Gasteiger partial charge in [-0.2, -0.15) is 0 Å². The Labute approximate surface area is 218 Å². The Morgan fingerprint density at radius 2 is 1.41 bits per heavy atom. The van der Waals surface area contributed by atoms with Gasteiger partial charge in [0, 0.05) is 11.1 Å². The van der Waals surface area contributed by atoms with E-state index in [4.69, 9.17) is 0 Å². The molecule has 0 heterocycles. The highest BCUT2D eigenvalue weighted by Gasteiger charge is 2.28. The van der Waals surface area contributed by atoms with E-state index in [-0.39, 0.29) is 11.0 Å². The van der Waals surface area contributed by atoms with E-state index in [9.17, 15) is 9.90 Å². The van der Waals surface area contributed by atoms with E-state index in [0.717, 1.165) is 39.8 Å². The number of benzene rings is 4. The summed E-state index contributed by atoms with van der Waals surface area (Å²) in [5, 5.41) is 9.20. The fraction of sp³-hybridized carbons (Fsp3) is 0.114. The number of fused-ring (bicyclic) bond motifs is 1. The molecule has 1 aliphatic rings. The van der Waals surface area contributed by atoms with Gasteiger partial charge in [0.05, 0.1) is 5.56 Å². The number of hydrogen-bond acceptors (Lipinski definition) is 1. The van der Waals surface area contributed by atoms with Gasteiger partial charge in [-0.3, -0.25) is 0 Å². The van der Waals surface area contributed by atoms with Crippen LogP contribution in [0.4, 0.5) is 0 Å². The van der Waals surface area contributed by atoms with Gasteiger partial charge in [0.25, 0.3) is 0 Å². The molecule has 0 atom stereocenters. The second-order valence-corrected chi connectivity index (χ2v) is 10.0. The van der Waals surface area contributed by atoms with Gasteiger partial charge < -0.3 is 5.11 Å². The SMILES string of the molecule is C=C(c1ccc(C(=O)O)cc1)c1ccc2c(c1)C(C#Cc1ccc(-c3ccccc3)cc1)=CCC2(C)C. The van der Waals surface area contributed by atoms with Gasteiger partial charge in [-0.25, -0.2) is 4.79 Å². The van der Waals surface area contributed by atoms with Gasteiger partial charge in [-0.1, -0.05) is 105 Å². The zero-order chi connectivity index (χ0) is 26.0. The van der Waals surface area contributed by atoms with Crippen LogP contribution >= 0.6 is 0 Å². The standard InChI is InChI=1S/C35H28O2/c1-24(26-15-17-30(18-16-26)34(36)37)31-19-20-33-32(23-31)29(21-22-35(33,2)3)14-11-25-9-12-28(13-10-25)27-7-5-4-6-8-27/h4-10,12-13,15-21,23H,1,22H2,2-3H3,(H,36,37). The lowest BCUT2D eigenvalue weighted by molar-refractivity contribution is 0.0697. The topological polar surface area (TPSA) is 37.3 Å². The molecule has 2 heteroatoms. The minimum atomic E-state index is -0.934. The highest BCUT2D eigenvalue weighted by atomic mass is 16.4. The van der Waals surface area contributed by atoms with Crippen molar-refractivity contribution in [2.75, 3.05) is 0 Å². The van der Waals surface area contributed by atoms with Crippen LogP contribution in [0.25, 0.3) is 22.3 Å². The zero-order valence-electron chi connectivity index (χ0n) is 21.1. The number of allylic oxidation sites excluding steroid dienone is 2. The normalized spacial score (nSPS) is 13.5. The molecule has 0 saturated carbocycles. The van der Waals surface area contributed by atoms with Crippen molar-refractivity contribution < 1.29 is 9.90 Å². The van der Waals surface area contributed by atoms with E-state index in [2.05, 4.69) is 92.9 Å². The summed E-state index contributed by atoms with van der Waals surface area (Å²) in [6, 6.07) is 32.0. The maximum Gasteiger partial charge on any atom is 0.335 e. The number of rotatable bonds is 4. The van der Waals surface area contributed by atoms with Crippen LogP contribution in [0.2, 0.25) is 0 Å². The predicted molar refractivity (Wildman–Crippen MR) is 152 cm³/mol. The third-order valence-corrected chi connectivity index (χ3v) is 7.02. The summed E-state index contributed by atoms with van der Waals surface area (Å²) < 4.78 is 0. The summed E-state index contributed by atoms with van der Waals surface area (Å²) in [6.07, 6.45) is 3.16. The second-order valence-electron chi connectivity index (χ2n) is 10.0. The lowest BCUT2D eigenvalue weighted by Crippen LogP contribution is -2.21. The van der Waals surface area contributed by atoms with E-state index in [0.29, 0.717) is 0 Å². The van der Waals surface area contributed by atoms with Crippen molar-refractivity contribution in [3.05, 3.63) is 143 Å². The van der Waals surface area contributed by atoms with Gasteiger partial charge in [0.1, 0.15) is 0 Å². The molecule has 0 radical (unpaired) electrons. The van der Waals surface area contributed by atoms with Crippen molar-refractivity contribution in [1.29, 1.82) is 0 Å². The first-order valence-corrected chi connectivity index (χ1v) is 12.4. The molecular weight excluding hydrogens is 452 g/mol. The van der Waals surface area contributed by atoms with Gasteiger partial charge in [0.15, 0.2) is 0 Å². The average molecular weight is 481 g/mol. The van der Waals surface area contributed by atoms with Gasteiger partial charge in [-0.15, -0.1) is 0 Å². The highest BCUT2D eigenvalue weighted by Crippen LogP contribution is 2.40. The van der Waals surface area contributed by atoms with Crippen LogP contribution in [0.3, 0.4) is 0 Å². The molecule has 0 fully saturated rings. The van der Waals surface area contributed by atoms with Crippen molar-refractivity contribution >= 4 is 17.1 Å². The van der Waals surface area contributed by atoms with Gasteiger partial charge in [0.2, 0.25) is 0 Å². The number of hydrogen-bond donors (Lipinski definition) is 1. The first-order valence-electron chi connectivity index (χ1n) is 12.4. The summed E-state index contributed by atoms with van der Waals surface area (Å²) >= 11 is 0. The molecule has 0 aliphatic heterocycles. The van der Waals surface area contributed by atoms with E-state index in [1.807, 2.05) is 30.3 Å². The smallest absolute Gasteiger partial charge is 0.335 e. The molecule has 0 amide bonds. The molecule has 1 N–H and O–H groups in total. The molecule has 0 spiro atoms. The Kier molecular flexibility index (Phi) is 6.38. The van der Waals surface area contributed by atoms with E-state index in [1.165, 1.54) is 16.7 Å². The van der Waals surface area contributed by atoms with Crippen LogP contribution in [0.15, 0.2) is 110 Å². The highest BCUT2D eigenvalue weighted by molar-refractivity contribution is 5.90. The third-order valence-electron chi connectivity index (χ3n) is 7.02. The van der Waals surface area contributed by atoms with Crippen molar-refractivity contribution in [2.45, 2.75) is 25.7 Å². The monoisotopic (exact) mass is 480 g/mol. The molecule has 0 aromatic heterocycles. The Hall–Kier alpha value is -4.61. The molecule has 0 unspecified atom stereocenters. The van der Waals surface area contributed by atoms with Crippen LogP contribution in [-0.2, 0) is 5.41 Å². The minimum absolute atomic E-state index is 0.0147. The summed E-state index contributed by atoms with van der Waals surface area (Å²) in [4.78, 5) is 11.2. The molecule has 5 rings (SSSR count). The molecule has 4 aromatic carbocycles. The summed E-state index contributed by atoms with van der Waals surface area (Å²) in [5.74, 6) is 5.86. The van der Waals surface area contributed by atoms with E-state index < -0.39 is 5.97 Å². The number of carbonyl (C=O) groups is 1. The molecule has 0 saturated heterocycles. The molecule has 37 heavy (non-hydrogen) atoms. The Balaban J connectivity index is 1.45. The molecular formula is C35H28O2. The lowest BCUT2D eigenvalue weighted by atomic mass is 9.72. The zero-order valence-corrected chi connectivity index (χ0v) is 21.1. The van der Waals surface area contributed by atoms with Crippen molar-refractivity contribution in [2.24, 2.45) is 0 Å². The third kappa shape index (κ3) is 5.03. The summed E-state index contributed by atoms with van der Waals surface area (Å²) in [5.41, 5.74) is 9.81. The van der Waals surface area contributed by atoms with Crippen molar-refractivity contribution in [1.82, 2.24) is 0 Å². The molecule has 1 aliphatic carbocycles. The van der Waals surface area contributed by atoms with E-state index in [1.54, 1.807) is 12.1 Å². The Morgan fingerprint density at radius 3 is 2.08 bits per heavy atom. The van der Waals surface area contributed by atoms with Gasteiger partial charge >= 0.3 is 5.97 Å². The largest absolute Gasteiger partial charge is 0.478 e. The Bertz CT molecular complexity index is 1570. The van der Waals surface area contributed by atoms with Crippen molar-refractivity contribution in [3.8, 4) is 23.0 Å². The molecule has 2 nitrogen and oxygen atoms in total. The first-order chi connectivity index (χ1) is 17.8. The quantitative estimate of drug-likeness (QED) is 0.299. The van der Waals surface area contributed by atoms with Crippen molar-refractivity contribution in [3.63, 3.8) is 0 Å². The van der Waals surface area contributed by atoms with Crippen LogP contribution in [0, 0.1) is 11.8 Å². The average Bonchev–Trinajstić information content (AvgIpc) is 2.93. The van der Waals surface area contributed by atoms with Crippen LogP contribution < -0.4 is 0 Å². The fourth-order valence-electron chi connectivity index (χ4n) is 4.74. The summed E-state index contributed by atoms with van der Waals surface area (Å²) in [7, 11) is 0. The molecule has 180 valence electrons. The first kappa shape index (κ1) is 24.1. The summed E-state index contributed by atoms with van der Waals surface area (Å²) in [6.45, 7) is 8.82. The predicted octanol–water partition coefficient (Wildman–Crippen LogP) is 8.23. The maximum absolute atomic E-state index is 11.2. The fourth-order valence-corrected chi connectivity index (χ4v) is 4.74. The minimum Gasteiger partial charge on any atom is -0.478 e. The lowest BCUT2D eigenvalue weighted by Gasteiger charge is -2.31. The molecule has 0 bridgehead atoms.